The highest BCUT2D eigenvalue weighted by Crippen LogP contribution is 2.17. The molecule has 146 valence electrons. The topological polar surface area (TPSA) is 76.4 Å². The van der Waals surface area contributed by atoms with Crippen molar-refractivity contribution in [3.63, 3.8) is 0 Å². The van der Waals surface area contributed by atoms with E-state index in [1.165, 1.54) is 0 Å². The summed E-state index contributed by atoms with van der Waals surface area (Å²) in [6.45, 7) is 5.36. The molecule has 7 heteroatoms. The van der Waals surface area contributed by atoms with Gasteiger partial charge in [0.2, 0.25) is 0 Å². The number of aromatic nitrogens is 3. The number of rotatable bonds is 7. The third-order valence-corrected chi connectivity index (χ3v) is 4.24. The fourth-order valence-electron chi connectivity index (χ4n) is 2.70. The molecule has 0 aliphatic heterocycles. The average molecular weight is 378 g/mol. The summed E-state index contributed by atoms with van der Waals surface area (Å²) in [5.74, 6) is 2.46. The molecule has 28 heavy (non-hydrogen) atoms. The van der Waals surface area contributed by atoms with Crippen LogP contribution in [0.15, 0.2) is 66.3 Å². The molecular formula is C21H26N6O. The van der Waals surface area contributed by atoms with E-state index in [0.717, 1.165) is 28.7 Å². The minimum absolute atomic E-state index is 0.00780. The maximum atomic E-state index is 6.00. The molecule has 0 aliphatic carbocycles. The number of imidazole rings is 1. The van der Waals surface area contributed by atoms with Crippen LogP contribution in [0.3, 0.4) is 0 Å². The quantitative estimate of drug-likeness (QED) is 0.488. The molecular weight excluding hydrogens is 352 g/mol. The summed E-state index contributed by atoms with van der Waals surface area (Å²) in [5.41, 5.74) is 2.23. The van der Waals surface area contributed by atoms with Crippen molar-refractivity contribution in [1.29, 1.82) is 0 Å². The molecule has 0 saturated heterocycles. The molecule has 2 N–H and O–H groups in total. The fraction of sp³-hybridized carbons (Fsp3) is 0.286. The summed E-state index contributed by atoms with van der Waals surface area (Å²) in [6, 6.07) is 12.0. The Labute approximate surface area is 165 Å². The van der Waals surface area contributed by atoms with E-state index in [-0.39, 0.29) is 6.10 Å². The number of benzene rings is 1. The van der Waals surface area contributed by atoms with Gasteiger partial charge in [0.25, 0.3) is 0 Å². The molecule has 0 saturated carbocycles. The lowest BCUT2D eigenvalue weighted by Gasteiger charge is -2.19. The van der Waals surface area contributed by atoms with E-state index in [9.17, 15) is 0 Å². The van der Waals surface area contributed by atoms with E-state index in [1.54, 1.807) is 25.8 Å². The van der Waals surface area contributed by atoms with Crippen LogP contribution in [0, 0.1) is 6.92 Å². The van der Waals surface area contributed by atoms with Gasteiger partial charge >= 0.3 is 0 Å². The van der Waals surface area contributed by atoms with Gasteiger partial charge in [0.05, 0.1) is 6.54 Å². The third-order valence-electron chi connectivity index (χ3n) is 4.24. The van der Waals surface area contributed by atoms with Gasteiger partial charge < -0.3 is 15.4 Å². The molecule has 0 amide bonds. The molecule has 2 aromatic heterocycles. The molecule has 7 nitrogen and oxygen atoms in total. The molecule has 1 atom stereocenters. The smallest absolute Gasteiger partial charge is 0.191 e. The van der Waals surface area contributed by atoms with Gasteiger partial charge in [0, 0.05) is 32.2 Å². The molecule has 3 aromatic rings. The van der Waals surface area contributed by atoms with Crippen molar-refractivity contribution in [2.24, 2.45) is 4.99 Å². The second-order valence-corrected chi connectivity index (χ2v) is 6.49. The fourth-order valence-corrected chi connectivity index (χ4v) is 2.70. The van der Waals surface area contributed by atoms with Crippen molar-refractivity contribution in [3.8, 4) is 11.6 Å². The Morgan fingerprint density at radius 1 is 1.21 bits per heavy atom. The van der Waals surface area contributed by atoms with Gasteiger partial charge in [-0.2, -0.15) is 0 Å². The van der Waals surface area contributed by atoms with E-state index < -0.39 is 0 Å². The predicted molar refractivity (Wildman–Crippen MR) is 111 cm³/mol. The largest absolute Gasteiger partial charge is 0.489 e. The number of nitrogens with zero attached hydrogens (tertiary/aromatic N) is 4. The number of hydrogen-bond acceptors (Lipinski definition) is 4. The lowest BCUT2D eigenvalue weighted by atomic mass is 10.2. The number of ether oxygens (including phenoxy) is 1. The Morgan fingerprint density at radius 2 is 2.07 bits per heavy atom. The Morgan fingerprint density at radius 3 is 2.82 bits per heavy atom. The van der Waals surface area contributed by atoms with Gasteiger partial charge in [0.15, 0.2) is 5.96 Å². The van der Waals surface area contributed by atoms with Gasteiger partial charge in [-0.1, -0.05) is 18.2 Å². The van der Waals surface area contributed by atoms with Gasteiger partial charge in [-0.3, -0.25) is 9.56 Å². The van der Waals surface area contributed by atoms with E-state index in [1.807, 2.05) is 61.0 Å². The second-order valence-electron chi connectivity index (χ2n) is 6.49. The van der Waals surface area contributed by atoms with Crippen LogP contribution in [0.5, 0.6) is 5.75 Å². The van der Waals surface area contributed by atoms with Crippen LogP contribution in [0.4, 0.5) is 0 Å². The Kier molecular flexibility index (Phi) is 6.62. The highest BCUT2D eigenvalue weighted by Gasteiger charge is 2.07. The normalized spacial score (nSPS) is 12.5. The molecule has 1 aromatic carbocycles. The first kappa shape index (κ1) is 19.4. The summed E-state index contributed by atoms with van der Waals surface area (Å²) in [7, 11) is 1.76. The number of para-hydroxylation sites is 1. The molecule has 0 bridgehead atoms. The number of hydrogen-bond donors (Lipinski definition) is 2. The summed E-state index contributed by atoms with van der Waals surface area (Å²) in [4.78, 5) is 12.7. The first-order chi connectivity index (χ1) is 13.7. The first-order valence-corrected chi connectivity index (χ1v) is 9.26. The number of pyridine rings is 1. The van der Waals surface area contributed by atoms with Crippen molar-refractivity contribution >= 4 is 5.96 Å². The molecule has 0 aliphatic rings. The average Bonchev–Trinajstić information content (AvgIpc) is 3.25. The van der Waals surface area contributed by atoms with Crippen molar-refractivity contribution < 1.29 is 4.74 Å². The summed E-state index contributed by atoms with van der Waals surface area (Å²) in [5, 5.41) is 6.62. The summed E-state index contributed by atoms with van der Waals surface area (Å²) < 4.78 is 7.87. The van der Waals surface area contributed by atoms with Crippen LogP contribution in [-0.4, -0.2) is 40.2 Å². The van der Waals surface area contributed by atoms with Crippen LogP contribution >= 0.6 is 0 Å². The number of guanidine groups is 1. The van der Waals surface area contributed by atoms with Crippen LogP contribution in [-0.2, 0) is 6.54 Å². The standard InChI is InChI=1S/C21H26N6O/c1-16-6-4-5-7-19(16)28-17(2)13-25-21(22-3)26-14-18-8-9-24-20(12-18)27-11-10-23-15-27/h4-12,15,17H,13-14H2,1-3H3,(H2,22,25,26). The molecule has 0 fully saturated rings. The highest BCUT2D eigenvalue weighted by atomic mass is 16.5. The molecule has 0 radical (unpaired) electrons. The Bertz CT molecular complexity index is 907. The van der Waals surface area contributed by atoms with Crippen LogP contribution in [0.1, 0.15) is 18.1 Å². The SMILES string of the molecule is CN=C(NCc1ccnc(-n2ccnc2)c1)NCC(C)Oc1ccccc1C. The molecule has 3 rings (SSSR count). The predicted octanol–water partition coefficient (Wildman–Crippen LogP) is 2.71. The van der Waals surface area contributed by atoms with Gasteiger partial charge in [-0.15, -0.1) is 0 Å². The number of aliphatic imine (C=N–C) groups is 1. The summed E-state index contributed by atoms with van der Waals surface area (Å²) in [6.07, 6.45) is 7.14. The van der Waals surface area contributed by atoms with Crippen LogP contribution < -0.4 is 15.4 Å². The number of aryl methyl sites for hydroxylation is 1. The van der Waals surface area contributed by atoms with E-state index in [0.29, 0.717) is 13.1 Å². The maximum Gasteiger partial charge on any atom is 0.191 e. The zero-order valence-corrected chi connectivity index (χ0v) is 16.5. The monoisotopic (exact) mass is 378 g/mol. The zero-order valence-electron chi connectivity index (χ0n) is 16.5. The minimum atomic E-state index is 0.00780. The zero-order chi connectivity index (χ0) is 19.8. The molecule has 1 unspecified atom stereocenters. The van der Waals surface area contributed by atoms with Crippen LogP contribution in [0.2, 0.25) is 0 Å². The van der Waals surface area contributed by atoms with Crippen molar-refractivity contribution in [3.05, 3.63) is 72.4 Å². The first-order valence-electron chi connectivity index (χ1n) is 9.26. The third kappa shape index (κ3) is 5.33. The lowest BCUT2D eigenvalue weighted by Crippen LogP contribution is -2.41. The van der Waals surface area contributed by atoms with Gasteiger partial charge in [-0.25, -0.2) is 9.97 Å². The second kappa shape index (κ2) is 9.55. The van der Waals surface area contributed by atoms with E-state index >= 15 is 0 Å². The lowest BCUT2D eigenvalue weighted by molar-refractivity contribution is 0.222. The van der Waals surface area contributed by atoms with Gasteiger partial charge in [-0.05, 0) is 43.2 Å². The highest BCUT2D eigenvalue weighted by molar-refractivity contribution is 5.79. The van der Waals surface area contributed by atoms with Crippen molar-refractivity contribution in [2.75, 3.05) is 13.6 Å². The van der Waals surface area contributed by atoms with E-state index in [4.69, 9.17) is 4.74 Å². The molecule has 0 spiro atoms. The van der Waals surface area contributed by atoms with Gasteiger partial charge in [0.1, 0.15) is 24.0 Å². The maximum absolute atomic E-state index is 6.00. The number of nitrogens with one attached hydrogen (secondary N) is 2. The van der Waals surface area contributed by atoms with Crippen molar-refractivity contribution in [1.82, 2.24) is 25.2 Å². The minimum Gasteiger partial charge on any atom is -0.489 e. The van der Waals surface area contributed by atoms with Crippen molar-refractivity contribution in [2.45, 2.75) is 26.5 Å². The summed E-state index contributed by atoms with van der Waals surface area (Å²) >= 11 is 0. The Hall–Kier alpha value is -3.35. The van der Waals surface area contributed by atoms with E-state index in [2.05, 4.69) is 25.6 Å². The molecule has 2 heterocycles. The van der Waals surface area contributed by atoms with Crippen LogP contribution in [0.25, 0.3) is 5.82 Å². The Balaban J connectivity index is 1.50.